The number of aliphatic carboxylic acids is 1. The fourth-order valence-electron chi connectivity index (χ4n) is 0.827. The largest absolute Gasteiger partial charge is 0.544 e. The van der Waals surface area contributed by atoms with Crippen LogP contribution in [0.1, 0.15) is 0 Å². The van der Waals surface area contributed by atoms with Gasteiger partial charge in [0.05, 0.1) is 20.1 Å². The molecule has 5 nitrogen and oxygen atoms in total. The molecule has 0 aliphatic carbocycles. The Bertz CT molecular complexity index is 159. The molecule has 11 heavy (non-hydrogen) atoms. The summed E-state index contributed by atoms with van der Waals surface area (Å²) in [5.74, 6) is -1.70. The van der Waals surface area contributed by atoms with E-state index in [1.54, 1.807) is 14.1 Å². The van der Waals surface area contributed by atoms with Gasteiger partial charge in [0.15, 0.2) is 6.54 Å². The molecule has 0 aromatic heterocycles. The smallest absolute Gasteiger partial charge is 0.272 e. The Morgan fingerprint density at radius 2 is 1.82 bits per heavy atom. The van der Waals surface area contributed by atoms with E-state index in [1.807, 2.05) is 0 Å². The molecule has 0 fully saturated rings. The van der Waals surface area contributed by atoms with Crippen LogP contribution in [0.3, 0.4) is 0 Å². The summed E-state index contributed by atoms with van der Waals surface area (Å²) in [6, 6.07) is 0. The Labute approximate surface area is 65.0 Å². The Balaban J connectivity index is 3.99. The van der Waals surface area contributed by atoms with Gasteiger partial charge in [0, 0.05) is 0 Å². The first kappa shape index (κ1) is 9.90. The van der Waals surface area contributed by atoms with E-state index >= 15 is 0 Å². The molecule has 0 saturated heterocycles. The zero-order chi connectivity index (χ0) is 9.07. The van der Waals surface area contributed by atoms with Crippen molar-refractivity contribution < 1.29 is 19.2 Å². The summed E-state index contributed by atoms with van der Waals surface area (Å²) in [5, 5.41) is 10.1. The van der Waals surface area contributed by atoms with Crippen LogP contribution in [0.4, 0.5) is 0 Å². The van der Waals surface area contributed by atoms with Gasteiger partial charge in [-0.2, -0.15) is 0 Å². The third kappa shape index (κ3) is 5.35. The van der Waals surface area contributed by atoms with E-state index in [1.165, 1.54) is 0 Å². The van der Waals surface area contributed by atoms with Crippen LogP contribution in [-0.4, -0.2) is 43.5 Å². The number of nitrogens with zero attached hydrogens (tertiary/aromatic N) is 1. The molecule has 0 rings (SSSR count). The lowest BCUT2D eigenvalue weighted by atomic mass is 10.4. The van der Waals surface area contributed by atoms with E-state index in [2.05, 4.69) is 0 Å². The lowest BCUT2D eigenvalue weighted by molar-refractivity contribution is -0.876. The van der Waals surface area contributed by atoms with Gasteiger partial charge in [0.1, 0.15) is 6.54 Å². The SMILES string of the molecule is C[N+](C)(CC(N)=O)CC(=O)[O-]. The van der Waals surface area contributed by atoms with Gasteiger partial charge in [0.2, 0.25) is 0 Å². The minimum absolute atomic E-state index is 0.00792. The van der Waals surface area contributed by atoms with E-state index in [-0.39, 0.29) is 17.6 Å². The van der Waals surface area contributed by atoms with E-state index in [0.29, 0.717) is 0 Å². The molecule has 0 aliphatic rings. The second kappa shape index (κ2) is 3.34. The van der Waals surface area contributed by atoms with Crippen LogP contribution in [0, 0.1) is 0 Å². The Morgan fingerprint density at radius 1 is 1.36 bits per heavy atom. The van der Waals surface area contributed by atoms with Crippen LogP contribution in [0.2, 0.25) is 0 Å². The number of carbonyl (C=O) groups is 2. The minimum atomic E-state index is -1.18. The lowest BCUT2D eigenvalue weighted by Gasteiger charge is -2.28. The number of carbonyl (C=O) groups excluding carboxylic acids is 2. The van der Waals surface area contributed by atoms with E-state index in [9.17, 15) is 14.7 Å². The quantitative estimate of drug-likeness (QED) is 0.454. The van der Waals surface area contributed by atoms with E-state index < -0.39 is 11.9 Å². The predicted octanol–water partition coefficient (Wildman–Crippen LogP) is -2.70. The van der Waals surface area contributed by atoms with Crippen LogP contribution in [-0.2, 0) is 9.59 Å². The van der Waals surface area contributed by atoms with Crippen molar-refractivity contribution in [2.75, 3.05) is 27.2 Å². The first-order valence-corrected chi connectivity index (χ1v) is 3.14. The predicted molar refractivity (Wildman–Crippen MR) is 36.0 cm³/mol. The highest BCUT2D eigenvalue weighted by atomic mass is 16.4. The highest BCUT2D eigenvalue weighted by Crippen LogP contribution is 1.93. The number of hydrogen-bond donors (Lipinski definition) is 1. The molecule has 1 amide bonds. The number of rotatable bonds is 4. The van der Waals surface area contributed by atoms with Crippen molar-refractivity contribution >= 4 is 11.9 Å². The number of amides is 1. The van der Waals surface area contributed by atoms with Crippen molar-refractivity contribution in [2.45, 2.75) is 0 Å². The number of nitrogens with two attached hydrogens (primary N) is 1. The summed E-state index contributed by atoms with van der Waals surface area (Å²) < 4.78 is 0.0255. The normalized spacial score (nSPS) is 11.1. The fourth-order valence-corrected chi connectivity index (χ4v) is 0.827. The summed E-state index contributed by atoms with van der Waals surface area (Å²) >= 11 is 0. The molecular formula is C6H12N2O3. The monoisotopic (exact) mass is 160 g/mol. The van der Waals surface area contributed by atoms with Gasteiger partial charge < -0.3 is 20.1 Å². The van der Waals surface area contributed by atoms with Gasteiger partial charge >= 0.3 is 0 Å². The highest BCUT2D eigenvalue weighted by Gasteiger charge is 2.17. The number of quaternary nitrogens is 1. The van der Waals surface area contributed by atoms with E-state index in [4.69, 9.17) is 5.73 Å². The van der Waals surface area contributed by atoms with Crippen LogP contribution in [0.25, 0.3) is 0 Å². The molecule has 0 bridgehead atoms. The molecule has 0 aromatic carbocycles. The molecule has 0 saturated carbocycles. The number of hydrogen-bond acceptors (Lipinski definition) is 3. The molecule has 2 N–H and O–H groups in total. The van der Waals surface area contributed by atoms with Crippen molar-refractivity contribution in [1.29, 1.82) is 0 Å². The fraction of sp³-hybridized carbons (Fsp3) is 0.667. The maximum atomic E-state index is 10.4. The topological polar surface area (TPSA) is 83.2 Å². The second-order valence-corrected chi connectivity index (χ2v) is 3.09. The maximum absolute atomic E-state index is 10.4. The summed E-state index contributed by atoms with van der Waals surface area (Å²) in [7, 11) is 3.20. The van der Waals surface area contributed by atoms with Crippen molar-refractivity contribution in [1.82, 2.24) is 0 Å². The average Bonchev–Trinajstić information content (AvgIpc) is 1.53. The number of likely N-dealkylation sites (N-methyl/N-ethyl adjacent to an activating group) is 1. The third-order valence-corrected chi connectivity index (χ3v) is 1.14. The molecule has 0 atom stereocenters. The maximum Gasteiger partial charge on any atom is 0.272 e. The molecule has 0 aliphatic heterocycles. The first-order chi connectivity index (χ1) is 4.83. The number of carboxylic acid groups (broad SMARTS) is 1. The highest BCUT2D eigenvalue weighted by molar-refractivity contribution is 5.75. The molecule has 0 spiro atoms. The second-order valence-electron chi connectivity index (χ2n) is 3.09. The Kier molecular flexibility index (Phi) is 3.00. The van der Waals surface area contributed by atoms with Crippen LogP contribution < -0.4 is 10.8 Å². The average molecular weight is 160 g/mol. The van der Waals surface area contributed by atoms with Crippen molar-refractivity contribution in [3.8, 4) is 0 Å². The minimum Gasteiger partial charge on any atom is -0.544 e. The van der Waals surface area contributed by atoms with Gasteiger partial charge in [-0.15, -0.1) is 0 Å². The van der Waals surface area contributed by atoms with Crippen molar-refractivity contribution in [3.63, 3.8) is 0 Å². The van der Waals surface area contributed by atoms with Gasteiger partial charge in [-0.05, 0) is 0 Å². The van der Waals surface area contributed by atoms with Gasteiger partial charge in [-0.3, -0.25) is 4.79 Å². The summed E-state index contributed by atoms with van der Waals surface area (Å²) in [6.45, 7) is -0.198. The molecule has 5 heteroatoms. The Morgan fingerprint density at radius 3 is 2.09 bits per heavy atom. The van der Waals surface area contributed by atoms with E-state index in [0.717, 1.165) is 0 Å². The van der Waals surface area contributed by atoms with Gasteiger partial charge in [0.25, 0.3) is 5.91 Å². The first-order valence-electron chi connectivity index (χ1n) is 3.14. The Hall–Kier alpha value is -1.10. The zero-order valence-corrected chi connectivity index (χ0v) is 6.66. The molecular weight excluding hydrogens is 148 g/mol. The standard InChI is InChI=1S/C6H12N2O3/c1-8(2,3-5(7)9)4-6(10)11/h3-4H2,1-2H3,(H2-,7,9,10,11). The van der Waals surface area contributed by atoms with Crippen molar-refractivity contribution in [3.05, 3.63) is 0 Å². The number of carboxylic acids is 1. The molecule has 0 radical (unpaired) electrons. The van der Waals surface area contributed by atoms with Crippen LogP contribution >= 0.6 is 0 Å². The molecule has 0 heterocycles. The lowest BCUT2D eigenvalue weighted by Crippen LogP contribution is -2.52. The summed E-state index contributed by atoms with van der Waals surface area (Å²) in [4.78, 5) is 20.5. The van der Waals surface area contributed by atoms with Gasteiger partial charge in [-0.1, -0.05) is 0 Å². The molecule has 64 valence electrons. The number of primary amides is 1. The van der Waals surface area contributed by atoms with Crippen LogP contribution in [0.15, 0.2) is 0 Å². The summed E-state index contributed by atoms with van der Waals surface area (Å²) in [6.07, 6.45) is 0. The molecule has 0 aromatic rings. The zero-order valence-electron chi connectivity index (χ0n) is 6.66. The summed E-state index contributed by atoms with van der Waals surface area (Å²) in [5.41, 5.74) is 4.89. The van der Waals surface area contributed by atoms with Crippen molar-refractivity contribution in [2.24, 2.45) is 5.73 Å². The van der Waals surface area contributed by atoms with Crippen LogP contribution in [0.5, 0.6) is 0 Å². The van der Waals surface area contributed by atoms with Gasteiger partial charge in [-0.25, -0.2) is 0 Å². The third-order valence-electron chi connectivity index (χ3n) is 1.14. The molecule has 0 unspecified atom stereocenters.